The smallest absolute Gasteiger partial charge is 0.232 e. The van der Waals surface area contributed by atoms with Crippen LogP contribution < -0.4 is 40.3 Å². The molecule has 0 heterocycles. The van der Waals surface area contributed by atoms with Crippen molar-refractivity contribution in [2.45, 2.75) is 55.4 Å². The number of para-hydroxylation sites is 4. The molecule has 0 unspecified atom stereocenters. The lowest BCUT2D eigenvalue weighted by Crippen LogP contribution is -2.59. The van der Waals surface area contributed by atoms with Gasteiger partial charge in [0.2, 0.25) is 18.1 Å². The minimum atomic E-state index is -2.29. The maximum atomic E-state index is 8.09. The number of nitrogens with zero attached hydrogens (tertiary/aromatic N) is 4. The van der Waals surface area contributed by atoms with E-state index in [9.17, 15) is 0 Å². The Labute approximate surface area is 289 Å². The first-order chi connectivity index (χ1) is 23.0. The van der Waals surface area contributed by atoms with Crippen molar-refractivity contribution in [3.05, 3.63) is 97.1 Å². The molecule has 4 aromatic rings. The Morgan fingerprint density at radius 3 is 0.723 bits per heavy atom. The minimum absolute atomic E-state index is 0.961. The highest BCUT2D eigenvalue weighted by molar-refractivity contribution is 6.93. The van der Waals surface area contributed by atoms with Gasteiger partial charge in [0, 0.05) is 75.1 Å². The number of hydrogen-bond donors (Lipinski definition) is 0. The minimum Gasteiger partial charge on any atom is -0.446 e. The third-order valence-corrected chi connectivity index (χ3v) is 16.0. The van der Waals surface area contributed by atoms with Gasteiger partial charge in [-0.3, -0.25) is 0 Å². The number of benzene rings is 4. The Hall–Kier alpha value is -3.53. The SMILES string of the molecule is CCN(CC)c1ccccc1[SiH](O[SiH](c1ccccc1N(CC)CC)c1ccccc1N(CC)CC)c1ccccc1N(CC)CC. The van der Waals surface area contributed by atoms with Crippen LogP contribution in [0.5, 0.6) is 0 Å². The molecule has 47 heavy (non-hydrogen) atoms. The summed E-state index contributed by atoms with van der Waals surface area (Å²) in [5, 5.41) is 5.48. The average Bonchev–Trinajstić information content (AvgIpc) is 3.12. The molecular formula is C40H58N4OSi2. The zero-order valence-electron chi connectivity index (χ0n) is 30.2. The normalized spacial score (nSPS) is 11.3. The molecule has 4 rings (SSSR count). The Balaban J connectivity index is 2.07. The predicted molar refractivity (Wildman–Crippen MR) is 214 cm³/mol. The summed E-state index contributed by atoms with van der Waals surface area (Å²) in [4.78, 5) is 10.0. The van der Waals surface area contributed by atoms with Gasteiger partial charge in [-0.2, -0.15) is 0 Å². The molecule has 0 aromatic heterocycles. The quantitative estimate of drug-likeness (QED) is 0.131. The highest BCUT2D eigenvalue weighted by atomic mass is 28.4. The van der Waals surface area contributed by atoms with E-state index in [4.69, 9.17) is 4.12 Å². The van der Waals surface area contributed by atoms with Gasteiger partial charge in [0.05, 0.1) is 0 Å². The molecule has 7 heteroatoms. The molecule has 5 nitrogen and oxygen atoms in total. The van der Waals surface area contributed by atoms with E-state index in [-0.39, 0.29) is 0 Å². The molecule has 0 amide bonds. The third-order valence-electron chi connectivity index (χ3n) is 9.57. The fourth-order valence-electron chi connectivity index (χ4n) is 7.01. The molecule has 0 aliphatic heterocycles. The molecule has 0 aliphatic rings. The van der Waals surface area contributed by atoms with E-state index in [1.165, 1.54) is 43.5 Å². The topological polar surface area (TPSA) is 22.2 Å². The van der Waals surface area contributed by atoms with Crippen LogP contribution in [0, 0.1) is 0 Å². The Kier molecular flexibility index (Phi) is 14.0. The van der Waals surface area contributed by atoms with Crippen molar-refractivity contribution in [1.29, 1.82) is 0 Å². The van der Waals surface area contributed by atoms with E-state index in [0.29, 0.717) is 0 Å². The molecule has 0 fully saturated rings. The standard InChI is InChI=1S/C40H58N4OSi2/c1-9-41(10-2)33-25-17-21-29-37(33)46(38-30-22-18-26-34(38)42(11-3)12-4)45-47(39-31-23-19-27-35(39)43(13-5)14-6)40-32-24-20-28-36(40)44(15-7)16-8/h17-32,46-47H,9-16H2,1-8H3. The van der Waals surface area contributed by atoms with Gasteiger partial charge >= 0.3 is 0 Å². The van der Waals surface area contributed by atoms with Crippen LogP contribution in [-0.4, -0.2) is 70.4 Å². The van der Waals surface area contributed by atoms with Crippen molar-refractivity contribution >= 4 is 61.6 Å². The van der Waals surface area contributed by atoms with Crippen LogP contribution in [0.4, 0.5) is 22.7 Å². The van der Waals surface area contributed by atoms with Crippen LogP contribution in [0.15, 0.2) is 97.1 Å². The highest BCUT2D eigenvalue weighted by Crippen LogP contribution is 2.21. The Bertz CT molecular complexity index is 1290. The van der Waals surface area contributed by atoms with Crippen molar-refractivity contribution in [1.82, 2.24) is 0 Å². The molecule has 0 aliphatic carbocycles. The molecule has 0 saturated carbocycles. The first-order valence-electron chi connectivity index (χ1n) is 18.0. The van der Waals surface area contributed by atoms with Gasteiger partial charge in [-0.05, 0) is 100 Å². The maximum absolute atomic E-state index is 8.09. The second-order valence-corrected chi connectivity index (χ2v) is 16.9. The summed E-state index contributed by atoms with van der Waals surface area (Å²) in [6, 6.07) is 36.4. The number of rotatable bonds is 18. The molecular weight excluding hydrogens is 609 g/mol. The highest BCUT2D eigenvalue weighted by Gasteiger charge is 2.34. The average molecular weight is 667 g/mol. The summed E-state index contributed by atoms with van der Waals surface area (Å²) in [6.45, 7) is 25.8. The van der Waals surface area contributed by atoms with Gasteiger partial charge in [-0.1, -0.05) is 72.8 Å². The summed E-state index contributed by atoms with van der Waals surface area (Å²) in [5.41, 5.74) is 5.24. The monoisotopic (exact) mass is 666 g/mol. The zero-order valence-corrected chi connectivity index (χ0v) is 32.6. The fraction of sp³-hybridized carbons (Fsp3) is 0.400. The summed E-state index contributed by atoms with van der Waals surface area (Å²) < 4.78 is 8.09. The predicted octanol–water partition coefficient (Wildman–Crippen LogP) is 5.46. The molecule has 0 bridgehead atoms. The van der Waals surface area contributed by atoms with E-state index in [1.807, 2.05) is 0 Å². The summed E-state index contributed by atoms with van der Waals surface area (Å²) in [5.74, 6) is 0. The van der Waals surface area contributed by atoms with E-state index in [1.54, 1.807) is 0 Å². The second-order valence-electron chi connectivity index (χ2n) is 11.8. The van der Waals surface area contributed by atoms with Crippen LogP contribution in [0.2, 0.25) is 0 Å². The summed E-state index contributed by atoms with van der Waals surface area (Å²) in [6.07, 6.45) is 0. The lowest BCUT2D eigenvalue weighted by atomic mass is 10.2. The van der Waals surface area contributed by atoms with Crippen LogP contribution >= 0.6 is 0 Å². The molecule has 4 aromatic carbocycles. The second kappa shape index (κ2) is 18.1. The Morgan fingerprint density at radius 2 is 0.532 bits per heavy atom. The first kappa shape index (κ1) is 36.3. The fourth-order valence-corrected chi connectivity index (χ4v) is 14.4. The molecule has 0 radical (unpaired) electrons. The molecule has 0 atom stereocenters. The van der Waals surface area contributed by atoms with Crippen molar-refractivity contribution < 1.29 is 4.12 Å². The first-order valence-corrected chi connectivity index (χ1v) is 21.3. The van der Waals surface area contributed by atoms with Crippen LogP contribution in [0.3, 0.4) is 0 Å². The van der Waals surface area contributed by atoms with Crippen molar-refractivity contribution in [3.63, 3.8) is 0 Å². The van der Waals surface area contributed by atoms with Crippen molar-refractivity contribution in [2.24, 2.45) is 0 Å². The van der Waals surface area contributed by atoms with E-state index in [2.05, 4.69) is 172 Å². The number of hydrogen-bond acceptors (Lipinski definition) is 5. The zero-order chi connectivity index (χ0) is 33.8. The molecule has 0 spiro atoms. The molecule has 0 saturated heterocycles. The number of anilines is 4. The summed E-state index contributed by atoms with van der Waals surface area (Å²) in [7, 11) is -4.59. The van der Waals surface area contributed by atoms with Crippen molar-refractivity contribution in [3.8, 4) is 0 Å². The third kappa shape index (κ3) is 8.14. The van der Waals surface area contributed by atoms with Crippen molar-refractivity contribution in [2.75, 3.05) is 72.0 Å². The van der Waals surface area contributed by atoms with Crippen LogP contribution in [0.1, 0.15) is 55.4 Å². The summed E-state index contributed by atoms with van der Waals surface area (Å²) >= 11 is 0. The van der Waals surface area contributed by atoms with Gasteiger partial charge in [-0.25, -0.2) is 0 Å². The van der Waals surface area contributed by atoms with Crippen LogP contribution in [0.25, 0.3) is 0 Å². The van der Waals surface area contributed by atoms with Gasteiger partial charge in [0.1, 0.15) is 0 Å². The van der Waals surface area contributed by atoms with E-state index in [0.717, 1.165) is 52.4 Å². The largest absolute Gasteiger partial charge is 0.446 e. The lowest BCUT2D eigenvalue weighted by molar-refractivity contribution is 0.632. The van der Waals surface area contributed by atoms with E-state index < -0.39 is 18.1 Å². The molecule has 252 valence electrons. The Morgan fingerprint density at radius 1 is 0.340 bits per heavy atom. The molecule has 0 N–H and O–H groups in total. The van der Waals surface area contributed by atoms with Gasteiger partial charge in [-0.15, -0.1) is 0 Å². The van der Waals surface area contributed by atoms with Gasteiger partial charge in [0.25, 0.3) is 0 Å². The maximum Gasteiger partial charge on any atom is 0.232 e. The lowest BCUT2D eigenvalue weighted by Gasteiger charge is -2.35. The van der Waals surface area contributed by atoms with Gasteiger partial charge < -0.3 is 23.7 Å². The van der Waals surface area contributed by atoms with Gasteiger partial charge in [0.15, 0.2) is 0 Å². The van der Waals surface area contributed by atoms with Crippen LogP contribution in [-0.2, 0) is 4.12 Å². The van der Waals surface area contributed by atoms with E-state index >= 15 is 0 Å².